The van der Waals surface area contributed by atoms with Gasteiger partial charge in [0.2, 0.25) is 0 Å². The smallest absolute Gasteiger partial charge is 0.180 e. The quantitative estimate of drug-likeness (QED) is 0.554. The molecule has 0 spiro atoms. The number of thiophene rings is 1. The van der Waals surface area contributed by atoms with E-state index in [4.69, 9.17) is 5.73 Å². The molecule has 0 radical (unpaired) electrons. The topological polar surface area (TPSA) is 67.6 Å². The third-order valence-electron chi connectivity index (χ3n) is 3.10. The van der Waals surface area contributed by atoms with Crippen molar-refractivity contribution >= 4 is 38.4 Å². The van der Waals surface area contributed by atoms with Gasteiger partial charge in [-0.2, -0.15) is 0 Å². The summed E-state index contributed by atoms with van der Waals surface area (Å²) in [5.74, 6) is 1.33. The largest absolute Gasteiger partial charge is 0.384 e. The molecule has 0 amide bonds. The molecule has 0 atom stereocenters. The molecular formula is C14H10N4S. The number of aromatic amines is 1. The number of hydrogen-bond donors (Lipinski definition) is 2. The number of imidazole rings is 1. The van der Waals surface area contributed by atoms with Gasteiger partial charge in [-0.1, -0.05) is 18.2 Å². The lowest BCUT2D eigenvalue weighted by atomic mass is 10.2. The predicted octanol–water partition coefficient (Wildman–Crippen LogP) is 3.42. The Morgan fingerprint density at radius 1 is 1.05 bits per heavy atom. The standard InChI is InChI=1S/C14H10N4S/c15-12-6-5-10-14(17-12)18-13(16-10)9-7-19-11-4-2-1-3-8(9)11/h1-7H,(H3,15,16,17,18). The minimum atomic E-state index is 0.487. The number of anilines is 1. The Bertz CT molecular complexity index is 891. The molecule has 0 aliphatic heterocycles. The number of nitrogens with two attached hydrogens (primary N) is 1. The van der Waals surface area contributed by atoms with E-state index in [0.717, 1.165) is 16.9 Å². The molecule has 4 rings (SSSR count). The minimum absolute atomic E-state index is 0.487. The molecule has 0 saturated heterocycles. The summed E-state index contributed by atoms with van der Waals surface area (Å²) >= 11 is 1.72. The Labute approximate surface area is 112 Å². The maximum atomic E-state index is 5.68. The second-order valence-electron chi connectivity index (χ2n) is 4.34. The molecule has 0 bridgehead atoms. The van der Waals surface area contributed by atoms with Crippen molar-refractivity contribution in [1.29, 1.82) is 0 Å². The lowest BCUT2D eigenvalue weighted by molar-refractivity contribution is 1.31. The van der Waals surface area contributed by atoms with E-state index in [9.17, 15) is 0 Å². The van der Waals surface area contributed by atoms with Crippen LogP contribution in [0.4, 0.5) is 5.82 Å². The summed E-state index contributed by atoms with van der Waals surface area (Å²) < 4.78 is 1.26. The highest BCUT2D eigenvalue weighted by molar-refractivity contribution is 7.17. The molecule has 0 aliphatic carbocycles. The highest BCUT2D eigenvalue weighted by Crippen LogP contribution is 2.32. The van der Waals surface area contributed by atoms with Crippen LogP contribution < -0.4 is 5.73 Å². The zero-order valence-corrected chi connectivity index (χ0v) is 10.7. The molecule has 3 N–H and O–H groups in total. The SMILES string of the molecule is Nc1ccc2[nH]c(-c3csc4ccccc34)nc2n1. The van der Waals surface area contributed by atoms with E-state index in [0.29, 0.717) is 11.5 Å². The van der Waals surface area contributed by atoms with Gasteiger partial charge in [-0.15, -0.1) is 11.3 Å². The van der Waals surface area contributed by atoms with Crippen LogP contribution in [0.15, 0.2) is 41.8 Å². The number of fused-ring (bicyclic) bond motifs is 2. The fraction of sp³-hybridized carbons (Fsp3) is 0. The van der Waals surface area contributed by atoms with E-state index in [1.807, 2.05) is 18.2 Å². The van der Waals surface area contributed by atoms with Crippen molar-refractivity contribution < 1.29 is 0 Å². The molecule has 0 fully saturated rings. The lowest BCUT2D eigenvalue weighted by Crippen LogP contribution is -1.88. The maximum absolute atomic E-state index is 5.68. The van der Waals surface area contributed by atoms with Gasteiger partial charge in [-0.05, 0) is 18.2 Å². The van der Waals surface area contributed by atoms with Gasteiger partial charge in [0.15, 0.2) is 5.65 Å². The van der Waals surface area contributed by atoms with Gasteiger partial charge in [0, 0.05) is 21.0 Å². The van der Waals surface area contributed by atoms with E-state index in [-0.39, 0.29) is 0 Å². The highest BCUT2D eigenvalue weighted by Gasteiger charge is 2.11. The zero-order chi connectivity index (χ0) is 12.8. The van der Waals surface area contributed by atoms with Crippen molar-refractivity contribution in [2.45, 2.75) is 0 Å². The van der Waals surface area contributed by atoms with Crippen LogP contribution in [0.2, 0.25) is 0 Å². The van der Waals surface area contributed by atoms with Crippen LogP contribution in [0, 0.1) is 0 Å². The number of nitrogen functional groups attached to an aromatic ring is 1. The second-order valence-corrected chi connectivity index (χ2v) is 5.25. The van der Waals surface area contributed by atoms with Gasteiger partial charge in [0.05, 0.1) is 5.52 Å². The Kier molecular flexibility index (Phi) is 2.10. The van der Waals surface area contributed by atoms with Crippen molar-refractivity contribution in [3.8, 4) is 11.4 Å². The maximum Gasteiger partial charge on any atom is 0.180 e. The molecule has 92 valence electrons. The van der Waals surface area contributed by atoms with Crippen LogP contribution >= 0.6 is 11.3 Å². The van der Waals surface area contributed by atoms with E-state index < -0.39 is 0 Å². The number of aromatic nitrogens is 3. The van der Waals surface area contributed by atoms with Crippen LogP contribution in [0.3, 0.4) is 0 Å². The fourth-order valence-corrected chi connectivity index (χ4v) is 3.14. The average molecular weight is 266 g/mol. The molecule has 0 unspecified atom stereocenters. The summed E-state index contributed by atoms with van der Waals surface area (Å²) in [6.07, 6.45) is 0. The molecule has 0 aliphatic rings. The Balaban J connectivity index is 1.99. The van der Waals surface area contributed by atoms with Crippen molar-refractivity contribution in [3.63, 3.8) is 0 Å². The number of pyridine rings is 1. The third-order valence-corrected chi connectivity index (χ3v) is 4.07. The van der Waals surface area contributed by atoms with Gasteiger partial charge in [-0.3, -0.25) is 0 Å². The van der Waals surface area contributed by atoms with Crippen molar-refractivity contribution in [2.24, 2.45) is 0 Å². The van der Waals surface area contributed by atoms with Crippen molar-refractivity contribution in [2.75, 3.05) is 5.73 Å². The number of H-pyrrole nitrogens is 1. The molecule has 19 heavy (non-hydrogen) atoms. The monoisotopic (exact) mass is 266 g/mol. The van der Waals surface area contributed by atoms with Gasteiger partial charge >= 0.3 is 0 Å². The van der Waals surface area contributed by atoms with Crippen molar-refractivity contribution in [3.05, 3.63) is 41.8 Å². The number of benzene rings is 1. The highest BCUT2D eigenvalue weighted by atomic mass is 32.1. The molecule has 3 aromatic heterocycles. The molecule has 4 nitrogen and oxygen atoms in total. The summed E-state index contributed by atoms with van der Waals surface area (Å²) in [4.78, 5) is 12.0. The Morgan fingerprint density at radius 3 is 2.89 bits per heavy atom. The summed E-state index contributed by atoms with van der Waals surface area (Å²) in [6.45, 7) is 0. The molecule has 5 heteroatoms. The van der Waals surface area contributed by atoms with E-state index in [1.54, 1.807) is 17.4 Å². The summed E-state index contributed by atoms with van der Waals surface area (Å²) in [5.41, 5.74) is 8.35. The number of nitrogens with zero attached hydrogens (tertiary/aromatic N) is 2. The fourth-order valence-electron chi connectivity index (χ4n) is 2.20. The molecule has 3 heterocycles. The molecule has 1 aromatic carbocycles. The minimum Gasteiger partial charge on any atom is -0.384 e. The summed E-state index contributed by atoms with van der Waals surface area (Å²) in [7, 11) is 0. The number of nitrogens with one attached hydrogen (secondary N) is 1. The average Bonchev–Trinajstić information content (AvgIpc) is 3.00. The van der Waals surface area contributed by atoms with E-state index in [2.05, 4.69) is 32.5 Å². The van der Waals surface area contributed by atoms with Crippen LogP contribution in [-0.4, -0.2) is 15.0 Å². The molecule has 0 saturated carbocycles. The first kappa shape index (κ1) is 10.5. The Hall–Kier alpha value is -2.40. The van der Waals surface area contributed by atoms with Gasteiger partial charge in [0.25, 0.3) is 0 Å². The Morgan fingerprint density at radius 2 is 1.95 bits per heavy atom. The van der Waals surface area contributed by atoms with Crippen LogP contribution in [0.5, 0.6) is 0 Å². The van der Waals surface area contributed by atoms with Crippen molar-refractivity contribution in [1.82, 2.24) is 15.0 Å². The normalized spacial score (nSPS) is 11.4. The number of rotatable bonds is 1. The summed E-state index contributed by atoms with van der Waals surface area (Å²) in [5, 5.41) is 3.32. The van der Waals surface area contributed by atoms with E-state index in [1.165, 1.54) is 10.1 Å². The first-order valence-electron chi connectivity index (χ1n) is 5.90. The van der Waals surface area contributed by atoms with Gasteiger partial charge in [-0.25, -0.2) is 9.97 Å². The summed E-state index contributed by atoms with van der Waals surface area (Å²) in [6, 6.07) is 12.0. The lowest BCUT2D eigenvalue weighted by Gasteiger charge is -1.93. The number of hydrogen-bond acceptors (Lipinski definition) is 4. The van der Waals surface area contributed by atoms with Crippen LogP contribution in [0.1, 0.15) is 0 Å². The zero-order valence-electron chi connectivity index (χ0n) is 9.92. The van der Waals surface area contributed by atoms with Crippen LogP contribution in [-0.2, 0) is 0 Å². The van der Waals surface area contributed by atoms with E-state index >= 15 is 0 Å². The second kappa shape index (κ2) is 3.80. The first-order chi connectivity index (χ1) is 9.31. The predicted molar refractivity (Wildman–Crippen MR) is 79.1 cm³/mol. The first-order valence-corrected chi connectivity index (χ1v) is 6.78. The molecule has 4 aromatic rings. The third kappa shape index (κ3) is 1.59. The van der Waals surface area contributed by atoms with Crippen LogP contribution in [0.25, 0.3) is 32.6 Å². The molecular weight excluding hydrogens is 256 g/mol. The van der Waals surface area contributed by atoms with Gasteiger partial charge < -0.3 is 10.7 Å². The van der Waals surface area contributed by atoms with Gasteiger partial charge in [0.1, 0.15) is 11.6 Å².